The molecule has 1 rings (SSSR count). The molecule has 0 aliphatic heterocycles. The van der Waals surface area contributed by atoms with E-state index in [9.17, 15) is 0 Å². The molecule has 0 radical (unpaired) electrons. The van der Waals surface area contributed by atoms with Gasteiger partial charge in [0, 0.05) is 32.0 Å². The van der Waals surface area contributed by atoms with E-state index in [-0.39, 0.29) is 0 Å². The number of ether oxygens (including phenoxy) is 2. The molecule has 0 saturated heterocycles. The molecule has 0 fully saturated rings. The molecule has 0 unspecified atom stereocenters. The number of nitrogens with zero attached hydrogens (tertiary/aromatic N) is 1. The van der Waals surface area contributed by atoms with E-state index in [1.165, 1.54) is 0 Å². The van der Waals surface area contributed by atoms with Gasteiger partial charge in [0.2, 0.25) is 0 Å². The van der Waals surface area contributed by atoms with Crippen LogP contribution in [-0.2, 0) is 16.0 Å². The average Bonchev–Trinajstić information content (AvgIpc) is 2.30. The Morgan fingerprint density at radius 3 is 3.00 bits per heavy atom. The second-order valence-corrected chi connectivity index (χ2v) is 3.59. The van der Waals surface area contributed by atoms with Crippen molar-refractivity contribution in [3.05, 3.63) is 29.0 Å². The molecule has 0 aliphatic carbocycles. The number of hydrogen-bond acceptors (Lipinski definition) is 4. The highest BCUT2D eigenvalue weighted by molar-refractivity contribution is 6.30. The summed E-state index contributed by atoms with van der Waals surface area (Å²) in [6.45, 7) is 3.43. The van der Waals surface area contributed by atoms with Gasteiger partial charge in [-0.1, -0.05) is 17.7 Å². The van der Waals surface area contributed by atoms with Gasteiger partial charge in [0.15, 0.2) is 0 Å². The molecule has 0 amide bonds. The first kappa shape index (κ1) is 13.4. The first-order valence-corrected chi connectivity index (χ1v) is 5.59. The van der Waals surface area contributed by atoms with Gasteiger partial charge in [-0.05, 0) is 6.07 Å². The molecule has 4 nitrogen and oxygen atoms in total. The molecule has 1 heterocycles. The Morgan fingerprint density at radius 2 is 2.25 bits per heavy atom. The van der Waals surface area contributed by atoms with Gasteiger partial charge < -0.3 is 14.8 Å². The molecular formula is C11H17ClN2O2. The van der Waals surface area contributed by atoms with Crippen LogP contribution in [0.15, 0.2) is 18.3 Å². The van der Waals surface area contributed by atoms with Gasteiger partial charge in [0.05, 0.1) is 19.8 Å². The van der Waals surface area contributed by atoms with Crippen molar-refractivity contribution in [2.24, 2.45) is 0 Å². The Bertz CT molecular complexity index is 297. The second-order valence-electron chi connectivity index (χ2n) is 3.24. The number of rotatable bonds is 8. The number of nitrogens with one attached hydrogen (secondary N) is 1. The predicted molar refractivity (Wildman–Crippen MR) is 63.6 cm³/mol. The van der Waals surface area contributed by atoms with Crippen molar-refractivity contribution >= 4 is 11.6 Å². The van der Waals surface area contributed by atoms with Crippen LogP contribution in [0.25, 0.3) is 0 Å². The third-order valence-corrected chi connectivity index (χ3v) is 2.35. The van der Waals surface area contributed by atoms with E-state index in [1.54, 1.807) is 13.3 Å². The smallest absolute Gasteiger partial charge is 0.133 e. The van der Waals surface area contributed by atoms with Crippen LogP contribution in [0, 0.1) is 0 Å². The standard InChI is InChI=1S/C11H17ClN2O2/c1-15-7-8-16-6-5-13-9-10-3-2-4-14-11(10)12/h2-4,13H,5-9H2,1H3. The highest BCUT2D eigenvalue weighted by atomic mass is 35.5. The molecule has 0 bridgehead atoms. The lowest BCUT2D eigenvalue weighted by Gasteiger charge is -2.06. The number of pyridine rings is 1. The molecule has 1 aromatic heterocycles. The summed E-state index contributed by atoms with van der Waals surface area (Å²) in [5.41, 5.74) is 1.00. The number of hydrogen-bond donors (Lipinski definition) is 1. The number of halogens is 1. The van der Waals surface area contributed by atoms with Gasteiger partial charge in [-0.25, -0.2) is 4.98 Å². The molecule has 16 heavy (non-hydrogen) atoms. The molecule has 0 aromatic carbocycles. The number of methoxy groups -OCH3 is 1. The van der Waals surface area contributed by atoms with Crippen molar-refractivity contribution in [3.63, 3.8) is 0 Å². The Kier molecular flexibility index (Phi) is 7.09. The zero-order valence-electron chi connectivity index (χ0n) is 9.41. The van der Waals surface area contributed by atoms with Crippen molar-refractivity contribution in [1.29, 1.82) is 0 Å². The van der Waals surface area contributed by atoms with E-state index < -0.39 is 0 Å². The van der Waals surface area contributed by atoms with E-state index in [1.807, 2.05) is 12.1 Å². The maximum atomic E-state index is 5.91. The summed E-state index contributed by atoms with van der Waals surface area (Å²) in [7, 11) is 1.66. The van der Waals surface area contributed by atoms with Gasteiger partial charge in [-0.3, -0.25) is 0 Å². The molecule has 1 aromatic rings. The van der Waals surface area contributed by atoms with Crippen LogP contribution in [-0.4, -0.2) is 38.5 Å². The minimum Gasteiger partial charge on any atom is -0.382 e. The van der Waals surface area contributed by atoms with Crippen LogP contribution in [0.3, 0.4) is 0 Å². The van der Waals surface area contributed by atoms with Crippen molar-refractivity contribution < 1.29 is 9.47 Å². The Balaban J connectivity index is 2.05. The largest absolute Gasteiger partial charge is 0.382 e. The zero-order valence-corrected chi connectivity index (χ0v) is 10.2. The van der Waals surface area contributed by atoms with E-state index in [0.29, 0.717) is 31.5 Å². The monoisotopic (exact) mass is 244 g/mol. The summed E-state index contributed by atoms with van der Waals surface area (Å²) >= 11 is 5.91. The molecule has 0 saturated carbocycles. The van der Waals surface area contributed by atoms with Crippen molar-refractivity contribution in [1.82, 2.24) is 10.3 Å². The maximum absolute atomic E-state index is 5.91. The highest BCUT2D eigenvalue weighted by Gasteiger charge is 1.98. The van der Waals surface area contributed by atoms with Crippen LogP contribution in [0.5, 0.6) is 0 Å². The first-order valence-electron chi connectivity index (χ1n) is 5.21. The van der Waals surface area contributed by atoms with Gasteiger partial charge in [-0.15, -0.1) is 0 Å². The summed E-state index contributed by atoms with van der Waals surface area (Å²) in [5.74, 6) is 0. The van der Waals surface area contributed by atoms with Gasteiger partial charge in [-0.2, -0.15) is 0 Å². The Hall–Kier alpha value is -0.680. The lowest BCUT2D eigenvalue weighted by molar-refractivity contribution is 0.0719. The van der Waals surface area contributed by atoms with Crippen LogP contribution >= 0.6 is 11.6 Å². The normalized spacial score (nSPS) is 10.6. The average molecular weight is 245 g/mol. The van der Waals surface area contributed by atoms with Crippen LogP contribution in [0.2, 0.25) is 5.15 Å². The van der Waals surface area contributed by atoms with Crippen molar-refractivity contribution in [2.45, 2.75) is 6.54 Å². The molecule has 5 heteroatoms. The van der Waals surface area contributed by atoms with Crippen LogP contribution in [0.1, 0.15) is 5.56 Å². The first-order chi connectivity index (χ1) is 7.84. The molecule has 0 spiro atoms. The summed E-state index contributed by atoms with van der Waals surface area (Å²) in [5, 5.41) is 3.78. The van der Waals surface area contributed by atoms with E-state index in [0.717, 1.165) is 12.1 Å². The second kappa shape index (κ2) is 8.47. The summed E-state index contributed by atoms with van der Waals surface area (Å²) < 4.78 is 10.2. The van der Waals surface area contributed by atoms with Gasteiger partial charge in [0.1, 0.15) is 5.15 Å². The van der Waals surface area contributed by atoms with Gasteiger partial charge >= 0.3 is 0 Å². The molecule has 0 atom stereocenters. The highest BCUT2D eigenvalue weighted by Crippen LogP contribution is 2.10. The molecular weight excluding hydrogens is 228 g/mol. The third-order valence-electron chi connectivity index (χ3n) is 2.01. The minimum atomic E-state index is 0.551. The predicted octanol–water partition coefficient (Wildman–Crippen LogP) is 1.49. The molecule has 1 N–H and O–H groups in total. The quantitative estimate of drug-likeness (QED) is 0.556. The fourth-order valence-corrected chi connectivity index (χ4v) is 1.35. The maximum Gasteiger partial charge on any atom is 0.133 e. The van der Waals surface area contributed by atoms with Crippen LogP contribution < -0.4 is 5.32 Å². The lowest BCUT2D eigenvalue weighted by atomic mass is 10.3. The molecule has 0 aliphatic rings. The SMILES string of the molecule is COCCOCCNCc1cccnc1Cl. The fourth-order valence-electron chi connectivity index (χ4n) is 1.16. The van der Waals surface area contributed by atoms with Crippen LogP contribution in [0.4, 0.5) is 0 Å². The number of aromatic nitrogens is 1. The van der Waals surface area contributed by atoms with Gasteiger partial charge in [0.25, 0.3) is 0 Å². The lowest BCUT2D eigenvalue weighted by Crippen LogP contribution is -2.20. The Labute approximate surface area is 101 Å². The fraction of sp³-hybridized carbons (Fsp3) is 0.545. The van der Waals surface area contributed by atoms with E-state index >= 15 is 0 Å². The van der Waals surface area contributed by atoms with Crippen molar-refractivity contribution in [3.8, 4) is 0 Å². The van der Waals surface area contributed by atoms with Crippen molar-refractivity contribution in [2.75, 3.05) is 33.5 Å². The van der Waals surface area contributed by atoms with E-state index in [4.69, 9.17) is 21.1 Å². The summed E-state index contributed by atoms with van der Waals surface area (Å²) in [4.78, 5) is 4.00. The molecule has 90 valence electrons. The topological polar surface area (TPSA) is 43.4 Å². The zero-order chi connectivity index (χ0) is 11.6. The summed E-state index contributed by atoms with van der Waals surface area (Å²) in [6, 6.07) is 3.83. The minimum absolute atomic E-state index is 0.551. The summed E-state index contributed by atoms with van der Waals surface area (Å²) in [6.07, 6.45) is 1.68. The van der Waals surface area contributed by atoms with E-state index in [2.05, 4.69) is 10.3 Å². The Morgan fingerprint density at radius 1 is 1.38 bits per heavy atom. The third kappa shape index (κ3) is 5.42.